The predicted molar refractivity (Wildman–Crippen MR) is 121 cm³/mol. The highest BCUT2D eigenvalue weighted by Gasteiger charge is 2.31. The van der Waals surface area contributed by atoms with Gasteiger partial charge in [-0.15, -0.1) is 0 Å². The summed E-state index contributed by atoms with van der Waals surface area (Å²) >= 11 is 0. The van der Waals surface area contributed by atoms with Crippen molar-refractivity contribution in [1.29, 1.82) is 0 Å². The molecular weight excluding hydrogens is 415 g/mol. The smallest absolute Gasteiger partial charge is 0.244 e. The molecule has 5 nitrogen and oxygen atoms in total. The van der Waals surface area contributed by atoms with Crippen LogP contribution in [0.5, 0.6) is 0 Å². The van der Waals surface area contributed by atoms with Gasteiger partial charge in [0.1, 0.15) is 11.9 Å². The Kier molecular flexibility index (Phi) is 6.75. The summed E-state index contributed by atoms with van der Waals surface area (Å²) < 4.78 is 39.3. The van der Waals surface area contributed by atoms with E-state index < -0.39 is 33.8 Å². The van der Waals surface area contributed by atoms with Crippen LogP contribution in [0.1, 0.15) is 29.7 Å². The Bertz CT molecular complexity index is 1130. The third-order valence-electron chi connectivity index (χ3n) is 5.00. The lowest BCUT2D eigenvalue weighted by Gasteiger charge is -2.30. The standard InChI is InChI=1S/C24H25FN2O3S/c1-17-9-11-20(12-10-17)23(19-7-5-4-6-8-19)26-24(28)18(2)27(31(3,29)30)22-15-13-21(25)14-16-22/h4-16,18,23H,1-3H3,(H,26,28)/t18-,23-/m0/s1. The van der Waals surface area contributed by atoms with Crippen LogP contribution in [0.2, 0.25) is 0 Å². The van der Waals surface area contributed by atoms with Crippen molar-refractivity contribution in [3.05, 3.63) is 101 Å². The number of nitrogens with one attached hydrogen (secondary N) is 1. The first-order valence-electron chi connectivity index (χ1n) is 9.83. The number of hydrogen-bond acceptors (Lipinski definition) is 3. The molecule has 0 bridgehead atoms. The number of carbonyl (C=O) groups excluding carboxylic acids is 1. The third kappa shape index (κ3) is 5.49. The van der Waals surface area contributed by atoms with Crippen molar-refractivity contribution < 1.29 is 17.6 Å². The predicted octanol–water partition coefficient (Wildman–Crippen LogP) is 4.19. The van der Waals surface area contributed by atoms with Crippen LogP contribution in [0.25, 0.3) is 0 Å². The Morgan fingerprint density at radius 1 is 0.903 bits per heavy atom. The summed E-state index contributed by atoms with van der Waals surface area (Å²) in [6.45, 7) is 3.49. The van der Waals surface area contributed by atoms with Gasteiger partial charge in [-0.1, -0.05) is 60.2 Å². The van der Waals surface area contributed by atoms with Gasteiger partial charge in [0.2, 0.25) is 15.9 Å². The number of nitrogens with zero attached hydrogens (tertiary/aromatic N) is 1. The van der Waals surface area contributed by atoms with E-state index in [0.717, 1.165) is 39.4 Å². The van der Waals surface area contributed by atoms with Crippen molar-refractivity contribution >= 4 is 21.6 Å². The molecule has 0 radical (unpaired) electrons. The van der Waals surface area contributed by atoms with Crippen molar-refractivity contribution in [3.8, 4) is 0 Å². The van der Waals surface area contributed by atoms with Crippen LogP contribution in [0, 0.1) is 12.7 Å². The van der Waals surface area contributed by atoms with E-state index in [1.807, 2.05) is 61.5 Å². The summed E-state index contributed by atoms with van der Waals surface area (Å²) in [5.74, 6) is -0.956. The number of rotatable bonds is 7. The molecule has 0 aliphatic heterocycles. The SMILES string of the molecule is Cc1ccc([C@@H](NC(=O)[C@H](C)N(c2ccc(F)cc2)S(C)(=O)=O)c2ccccc2)cc1. The Hall–Kier alpha value is -3.19. The van der Waals surface area contributed by atoms with Gasteiger partial charge < -0.3 is 5.32 Å². The number of halogens is 1. The fourth-order valence-electron chi connectivity index (χ4n) is 3.42. The molecule has 0 aromatic heterocycles. The van der Waals surface area contributed by atoms with Gasteiger partial charge in [0, 0.05) is 0 Å². The van der Waals surface area contributed by atoms with Gasteiger partial charge in [-0.25, -0.2) is 12.8 Å². The molecule has 3 rings (SSSR count). The lowest BCUT2D eigenvalue weighted by molar-refractivity contribution is -0.122. The van der Waals surface area contributed by atoms with Crippen molar-refractivity contribution in [2.75, 3.05) is 10.6 Å². The van der Waals surface area contributed by atoms with Crippen LogP contribution in [-0.4, -0.2) is 26.6 Å². The van der Waals surface area contributed by atoms with Crippen molar-refractivity contribution in [1.82, 2.24) is 5.32 Å². The van der Waals surface area contributed by atoms with Gasteiger partial charge in [0.25, 0.3) is 0 Å². The van der Waals surface area contributed by atoms with Crippen LogP contribution in [0.4, 0.5) is 10.1 Å². The van der Waals surface area contributed by atoms with E-state index in [-0.39, 0.29) is 5.69 Å². The summed E-state index contributed by atoms with van der Waals surface area (Å²) in [6.07, 6.45) is 1.02. The lowest BCUT2D eigenvalue weighted by Crippen LogP contribution is -2.48. The van der Waals surface area contributed by atoms with Crippen LogP contribution in [-0.2, 0) is 14.8 Å². The first-order valence-corrected chi connectivity index (χ1v) is 11.7. The Labute approximate surface area is 182 Å². The summed E-state index contributed by atoms with van der Waals surface area (Å²) in [4.78, 5) is 13.2. The zero-order chi connectivity index (χ0) is 22.6. The minimum Gasteiger partial charge on any atom is -0.343 e. The first kappa shape index (κ1) is 22.5. The van der Waals surface area contributed by atoms with Crippen LogP contribution < -0.4 is 9.62 Å². The average molecular weight is 441 g/mol. The Morgan fingerprint density at radius 3 is 2.00 bits per heavy atom. The maximum absolute atomic E-state index is 13.3. The van der Waals surface area contributed by atoms with Gasteiger partial charge >= 0.3 is 0 Å². The number of amides is 1. The van der Waals surface area contributed by atoms with E-state index in [0.29, 0.717) is 0 Å². The fourth-order valence-corrected chi connectivity index (χ4v) is 4.60. The second-order valence-corrected chi connectivity index (χ2v) is 9.33. The Morgan fingerprint density at radius 2 is 1.45 bits per heavy atom. The van der Waals surface area contributed by atoms with E-state index in [1.54, 1.807) is 0 Å². The van der Waals surface area contributed by atoms with E-state index in [9.17, 15) is 17.6 Å². The number of carbonyl (C=O) groups is 1. The number of sulfonamides is 1. The quantitative estimate of drug-likeness (QED) is 0.599. The van der Waals surface area contributed by atoms with Gasteiger partial charge in [0.05, 0.1) is 18.0 Å². The second kappa shape index (κ2) is 9.31. The number of hydrogen-bond donors (Lipinski definition) is 1. The fraction of sp³-hybridized carbons (Fsp3) is 0.208. The molecule has 1 N–H and O–H groups in total. The van der Waals surface area contributed by atoms with Crippen molar-refractivity contribution in [3.63, 3.8) is 0 Å². The monoisotopic (exact) mass is 440 g/mol. The molecule has 0 heterocycles. The molecule has 0 aliphatic rings. The molecule has 0 saturated heterocycles. The molecule has 0 fully saturated rings. The molecule has 31 heavy (non-hydrogen) atoms. The molecule has 1 amide bonds. The summed E-state index contributed by atoms with van der Waals surface area (Å²) in [5, 5.41) is 2.98. The van der Waals surface area contributed by atoms with E-state index in [2.05, 4.69) is 5.32 Å². The maximum Gasteiger partial charge on any atom is 0.244 e. The van der Waals surface area contributed by atoms with Crippen LogP contribution in [0.3, 0.4) is 0 Å². The van der Waals surface area contributed by atoms with E-state index in [4.69, 9.17) is 0 Å². The minimum atomic E-state index is -3.80. The molecular formula is C24H25FN2O3S. The molecule has 0 aliphatic carbocycles. The van der Waals surface area contributed by atoms with Crippen molar-refractivity contribution in [2.45, 2.75) is 25.9 Å². The highest BCUT2D eigenvalue weighted by atomic mass is 32.2. The normalized spacial score (nSPS) is 13.3. The first-order chi connectivity index (χ1) is 14.7. The molecule has 0 spiro atoms. The minimum absolute atomic E-state index is 0.221. The molecule has 3 aromatic carbocycles. The largest absolute Gasteiger partial charge is 0.343 e. The summed E-state index contributed by atoms with van der Waals surface area (Å²) in [7, 11) is -3.80. The molecule has 7 heteroatoms. The Balaban J connectivity index is 1.94. The summed E-state index contributed by atoms with van der Waals surface area (Å²) in [6, 6.07) is 20.8. The van der Waals surface area contributed by atoms with Gasteiger partial charge in [-0.3, -0.25) is 9.10 Å². The highest BCUT2D eigenvalue weighted by Crippen LogP contribution is 2.25. The van der Waals surface area contributed by atoms with Gasteiger partial charge in [-0.05, 0) is 49.2 Å². The third-order valence-corrected chi connectivity index (χ3v) is 6.24. The number of benzene rings is 3. The second-order valence-electron chi connectivity index (χ2n) is 7.47. The number of aryl methyl sites for hydroxylation is 1. The van der Waals surface area contributed by atoms with Gasteiger partial charge in [-0.2, -0.15) is 0 Å². The molecule has 0 unspecified atom stereocenters. The maximum atomic E-state index is 13.3. The highest BCUT2D eigenvalue weighted by molar-refractivity contribution is 7.92. The topological polar surface area (TPSA) is 66.5 Å². The average Bonchev–Trinajstić information content (AvgIpc) is 2.74. The zero-order valence-corrected chi connectivity index (χ0v) is 18.4. The zero-order valence-electron chi connectivity index (χ0n) is 17.6. The summed E-state index contributed by atoms with van der Waals surface area (Å²) in [5.41, 5.74) is 3.07. The lowest BCUT2D eigenvalue weighted by atomic mass is 9.97. The van der Waals surface area contributed by atoms with Crippen LogP contribution in [0.15, 0.2) is 78.9 Å². The molecule has 3 aromatic rings. The molecule has 0 saturated carbocycles. The van der Waals surface area contributed by atoms with Crippen molar-refractivity contribution in [2.24, 2.45) is 0 Å². The van der Waals surface area contributed by atoms with E-state index >= 15 is 0 Å². The van der Waals surface area contributed by atoms with Crippen LogP contribution >= 0.6 is 0 Å². The molecule has 162 valence electrons. The van der Waals surface area contributed by atoms with E-state index in [1.165, 1.54) is 19.1 Å². The van der Waals surface area contributed by atoms with Gasteiger partial charge in [0.15, 0.2) is 0 Å². The molecule has 2 atom stereocenters. The number of anilines is 1.